The fraction of sp³-hybridized carbons (Fsp3) is 0.364. The van der Waals surface area contributed by atoms with Crippen LogP contribution in [-0.4, -0.2) is 26.3 Å². The molecule has 0 spiro atoms. The Morgan fingerprint density at radius 1 is 1.41 bits per heavy atom. The molecule has 0 heterocycles. The maximum Gasteiger partial charge on any atom is 0.242 e. The number of nitrogen functional groups attached to an aromatic ring is 1. The van der Waals surface area contributed by atoms with Gasteiger partial charge in [-0.15, -0.1) is 0 Å². The van der Waals surface area contributed by atoms with Crippen molar-refractivity contribution in [3.63, 3.8) is 0 Å². The Morgan fingerprint density at radius 2 is 1.94 bits per heavy atom. The van der Waals surface area contributed by atoms with Crippen LogP contribution in [0.1, 0.15) is 6.92 Å². The van der Waals surface area contributed by atoms with Gasteiger partial charge in [0.1, 0.15) is 0 Å². The Morgan fingerprint density at radius 3 is 2.41 bits per heavy atom. The maximum absolute atomic E-state index is 12.1. The summed E-state index contributed by atoms with van der Waals surface area (Å²) in [6, 6.07) is 7.99. The molecule has 0 radical (unpaired) electrons. The molecule has 0 saturated heterocycles. The zero-order chi connectivity index (χ0) is 13.1. The van der Waals surface area contributed by atoms with Crippen molar-refractivity contribution in [3.8, 4) is 6.07 Å². The Balaban J connectivity index is 2.96. The maximum atomic E-state index is 12.1. The summed E-state index contributed by atoms with van der Waals surface area (Å²) in [6.07, 6.45) is 0. The van der Waals surface area contributed by atoms with E-state index in [1.165, 1.54) is 35.6 Å². The summed E-state index contributed by atoms with van der Waals surface area (Å²) in [5.41, 5.74) is 6.01. The smallest absolute Gasteiger partial charge is 0.242 e. The molecule has 0 aliphatic heterocycles. The van der Waals surface area contributed by atoms with Crippen molar-refractivity contribution in [2.24, 2.45) is 5.92 Å². The highest BCUT2D eigenvalue weighted by molar-refractivity contribution is 7.89. The molecule has 0 aromatic heterocycles. The Labute approximate surface area is 102 Å². The lowest BCUT2D eigenvalue weighted by Crippen LogP contribution is -2.30. The minimum Gasteiger partial charge on any atom is -0.399 e. The van der Waals surface area contributed by atoms with Crippen LogP contribution in [-0.2, 0) is 10.0 Å². The van der Waals surface area contributed by atoms with E-state index in [1.807, 2.05) is 6.07 Å². The number of anilines is 1. The SMILES string of the molecule is CC(C#N)CN(C)S(=O)(=O)c1ccc(N)cc1. The first-order chi connectivity index (χ1) is 7.87. The van der Waals surface area contributed by atoms with Gasteiger partial charge in [0, 0.05) is 19.3 Å². The van der Waals surface area contributed by atoms with Gasteiger partial charge < -0.3 is 5.73 Å². The number of benzene rings is 1. The zero-order valence-electron chi connectivity index (χ0n) is 9.79. The van der Waals surface area contributed by atoms with E-state index in [0.29, 0.717) is 5.69 Å². The van der Waals surface area contributed by atoms with E-state index in [2.05, 4.69) is 0 Å². The number of nitrogens with two attached hydrogens (primary N) is 1. The van der Waals surface area contributed by atoms with E-state index in [9.17, 15) is 8.42 Å². The summed E-state index contributed by atoms with van der Waals surface area (Å²) < 4.78 is 25.3. The third kappa shape index (κ3) is 3.19. The van der Waals surface area contributed by atoms with Crippen molar-refractivity contribution in [1.29, 1.82) is 5.26 Å². The Kier molecular flexibility index (Phi) is 4.10. The molecule has 0 amide bonds. The lowest BCUT2D eigenvalue weighted by molar-refractivity contribution is 0.439. The fourth-order valence-corrected chi connectivity index (χ4v) is 2.60. The molecule has 1 aromatic rings. The van der Waals surface area contributed by atoms with Crippen LogP contribution in [0.5, 0.6) is 0 Å². The predicted octanol–water partition coefficient (Wildman–Crippen LogP) is 1.05. The molecule has 2 N–H and O–H groups in total. The minimum absolute atomic E-state index is 0.170. The number of rotatable bonds is 4. The van der Waals surface area contributed by atoms with Gasteiger partial charge in [-0.1, -0.05) is 0 Å². The van der Waals surface area contributed by atoms with Crippen LogP contribution in [0, 0.1) is 17.2 Å². The molecule has 1 unspecified atom stereocenters. The topological polar surface area (TPSA) is 87.2 Å². The van der Waals surface area contributed by atoms with E-state index in [-0.39, 0.29) is 17.4 Å². The van der Waals surface area contributed by atoms with Gasteiger partial charge >= 0.3 is 0 Å². The summed E-state index contributed by atoms with van der Waals surface area (Å²) in [6.45, 7) is 1.85. The molecule has 0 aliphatic rings. The van der Waals surface area contributed by atoms with Crippen molar-refractivity contribution in [2.45, 2.75) is 11.8 Å². The second-order valence-electron chi connectivity index (χ2n) is 3.88. The molecule has 0 saturated carbocycles. The summed E-state index contributed by atoms with van der Waals surface area (Å²) in [4.78, 5) is 0.180. The Bertz CT molecular complexity index is 517. The highest BCUT2D eigenvalue weighted by Gasteiger charge is 2.21. The molecule has 0 aliphatic carbocycles. The second-order valence-corrected chi connectivity index (χ2v) is 5.93. The van der Waals surface area contributed by atoms with Crippen LogP contribution in [0.25, 0.3) is 0 Å². The van der Waals surface area contributed by atoms with Crippen LogP contribution < -0.4 is 5.73 Å². The van der Waals surface area contributed by atoms with Gasteiger partial charge in [0.25, 0.3) is 0 Å². The largest absolute Gasteiger partial charge is 0.399 e. The van der Waals surface area contributed by atoms with Gasteiger partial charge in [-0.2, -0.15) is 9.57 Å². The highest BCUT2D eigenvalue weighted by atomic mass is 32.2. The van der Waals surface area contributed by atoms with Crippen LogP contribution in [0.2, 0.25) is 0 Å². The summed E-state index contributed by atoms with van der Waals surface area (Å²) in [7, 11) is -2.08. The normalized spacial score (nSPS) is 13.3. The van der Waals surface area contributed by atoms with E-state index >= 15 is 0 Å². The first-order valence-electron chi connectivity index (χ1n) is 5.09. The van der Waals surface area contributed by atoms with E-state index < -0.39 is 10.0 Å². The van der Waals surface area contributed by atoms with Crippen LogP contribution in [0.15, 0.2) is 29.2 Å². The van der Waals surface area contributed by atoms with E-state index in [4.69, 9.17) is 11.0 Å². The van der Waals surface area contributed by atoms with Gasteiger partial charge in [0.2, 0.25) is 10.0 Å². The molecule has 17 heavy (non-hydrogen) atoms. The quantitative estimate of drug-likeness (QED) is 0.812. The minimum atomic E-state index is -3.53. The van der Waals surface area contributed by atoms with Crippen LogP contribution in [0.4, 0.5) is 5.69 Å². The molecular weight excluding hydrogens is 238 g/mol. The standard InChI is InChI=1S/C11H15N3O2S/c1-9(7-12)8-14(2)17(15,16)11-5-3-10(13)4-6-11/h3-6,9H,8,13H2,1-2H3. The molecular formula is C11H15N3O2S. The summed E-state index contributed by atoms with van der Waals surface area (Å²) in [5.74, 6) is -0.344. The molecule has 1 rings (SSSR count). The number of nitriles is 1. The van der Waals surface area contributed by atoms with Crippen molar-refractivity contribution < 1.29 is 8.42 Å². The number of hydrogen-bond donors (Lipinski definition) is 1. The average Bonchev–Trinajstić information content (AvgIpc) is 2.29. The Hall–Kier alpha value is -1.58. The fourth-order valence-electron chi connectivity index (χ4n) is 1.34. The van der Waals surface area contributed by atoms with Crippen molar-refractivity contribution in [3.05, 3.63) is 24.3 Å². The first-order valence-corrected chi connectivity index (χ1v) is 6.53. The van der Waals surface area contributed by atoms with E-state index in [0.717, 1.165) is 0 Å². The molecule has 92 valence electrons. The predicted molar refractivity (Wildman–Crippen MR) is 65.4 cm³/mol. The first kappa shape index (κ1) is 13.5. The lowest BCUT2D eigenvalue weighted by Gasteiger charge is -2.18. The average molecular weight is 253 g/mol. The van der Waals surface area contributed by atoms with Crippen LogP contribution in [0.3, 0.4) is 0 Å². The summed E-state index contributed by atoms with van der Waals surface area (Å²) in [5, 5.41) is 8.67. The van der Waals surface area contributed by atoms with Gasteiger partial charge in [0.15, 0.2) is 0 Å². The summed E-state index contributed by atoms with van der Waals surface area (Å²) >= 11 is 0. The van der Waals surface area contributed by atoms with Crippen molar-refractivity contribution in [1.82, 2.24) is 4.31 Å². The molecule has 5 nitrogen and oxygen atoms in total. The molecule has 1 aromatic carbocycles. The third-order valence-corrected chi connectivity index (χ3v) is 4.18. The zero-order valence-corrected chi connectivity index (χ0v) is 10.6. The van der Waals surface area contributed by atoms with E-state index in [1.54, 1.807) is 6.92 Å². The third-order valence-electron chi connectivity index (χ3n) is 2.34. The monoisotopic (exact) mass is 253 g/mol. The molecule has 0 bridgehead atoms. The van der Waals surface area contributed by atoms with Gasteiger partial charge in [0.05, 0.1) is 16.9 Å². The van der Waals surface area contributed by atoms with Crippen molar-refractivity contribution in [2.75, 3.05) is 19.3 Å². The van der Waals surface area contributed by atoms with Gasteiger partial charge in [-0.25, -0.2) is 8.42 Å². The number of nitrogens with zero attached hydrogens (tertiary/aromatic N) is 2. The van der Waals surface area contributed by atoms with Gasteiger partial charge in [-0.05, 0) is 31.2 Å². The highest BCUT2D eigenvalue weighted by Crippen LogP contribution is 2.16. The molecule has 0 fully saturated rings. The second kappa shape index (κ2) is 5.17. The lowest BCUT2D eigenvalue weighted by atomic mass is 10.2. The number of hydrogen-bond acceptors (Lipinski definition) is 4. The van der Waals surface area contributed by atoms with Gasteiger partial charge in [-0.3, -0.25) is 0 Å². The number of sulfonamides is 1. The molecule has 1 atom stereocenters. The van der Waals surface area contributed by atoms with Crippen molar-refractivity contribution >= 4 is 15.7 Å². The van der Waals surface area contributed by atoms with Crippen LogP contribution >= 0.6 is 0 Å². The molecule has 6 heteroatoms.